The summed E-state index contributed by atoms with van der Waals surface area (Å²) in [5.74, 6) is 1.38. The average Bonchev–Trinajstić information content (AvgIpc) is 2.48. The lowest BCUT2D eigenvalue weighted by Gasteiger charge is -2.25. The summed E-state index contributed by atoms with van der Waals surface area (Å²) >= 11 is 0. The highest BCUT2D eigenvalue weighted by molar-refractivity contribution is 5.49. The third-order valence-electron chi connectivity index (χ3n) is 3.36. The molecule has 4 nitrogen and oxygen atoms in total. The van der Waals surface area contributed by atoms with Gasteiger partial charge in [-0.2, -0.15) is 0 Å². The zero-order valence-corrected chi connectivity index (χ0v) is 13.6. The van der Waals surface area contributed by atoms with Crippen LogP contribution in [0, 0.1) is 0 Å². The minimum atomic E-state index is -0.842. The summed E-state index contributed by atoms with van der Waals surface area (Å²) < 4.78 is 11.7. The molecule has 0 unspecified atom stereocenters. The van der Waals surface area contributed by atoms with Gasteiger partial charge in [0.25, 0.3) is 0 Å². The van der Waals surface area contributed by atoms with Gasteiger partial charge in [-0.05, 0) is 32.8 Å². The van der Waals surface area contributed by atoms with E-state index in [1.54, 1.807) is 13.8 Å². The largest absolute Gasteiger partial charge is 0.490 e. The van der Waals surface area contributed by atoms with E-state index in [0.717, 1.165) is 31.2 Å². The number of benzene rings is 1. The molecule has 0 aliphatic heterocycles. The predicted molar refractivity (Wildman–Crippen MR) is 84.0 cm³/mol. The molecule has 0 atom stereocenters. The van der Waals surface area contributed by atoms with Crippen LogP contribution < -0.4 is 9.47 Å². The minimum absolute atomic E-state index is 0.624. The molecular formula is C17H28O4. The second-order valence-electron chi connectivity index (χ2n) is 5.64. The van der Waals surface area contributed by atoms with Gasteiger partial charge in [0.1, 0.15) is 5.60 Å². The number of rotatable bonds is 10. The summed E-state index contributed by atoms with van der Waals surface area (Å²) in [5, 5.41) is 9.15. The third-order valence-corrected chi connectivity index (χ3v) is 3.36. The lowest BCUT2D eigenvalue weighted by Crippen LogP contribution is -2.21. The Morgan fingerprint density at radius 2 is 1.62 bits per heavy atom. The van der Waals surface area contributed by atoms with Crippen molar-refractivity contribution >= 4 is 0 Å². The summed E-state index contributed by atoms with van der Waals surface area (Å²) in [7, 11) is 0. The van der Waals surface area contributed by atoms with E-state index in [0.29, 0.717) is 24.7 Å². The highest BCUT2D eigenvalue weighted by Crippen LogP contribution is 2.39. The first-order valence-electron chi connectivity index (χ1n) is 7.78. The van der Waals surface area contributed by atoms with E-state index in [4.69, 9.17) is 14.7 Å². The van der Waals surface area contributed by atoms with Gasteiger partial charge in [0, 0.05) is 5.56 Å². The van der Waals surface area contributed by atoms with Gasteiger partial charge in [-0.15, -0.1) is 0 Å². The number of hydrogen-bond donors (Lipinski definition) is 1. The van der Waals surface area contributed by atoms with Crippen LogP contribution in [0.4, 0.5) is 0 Å². The van der Waals surface area contributed by atoms with Gasteiger partial charge in [-0.1, -0.05) is 38.8 Å². The van der Waals surface area contributed by atoms with Crippen LogP contribution in [0.25, 0.3) is 0 Å². The second kappa shape index (κ2) is 8.90. The van der Waals surface area contributed by atoms with E-state index in [2.05, 4.69) is 18.7 Å². The van der Waals surface area contributed by atoms with Crippen molar-refractivity contribution in [3.63, 3.8) is 0 Å². The molecule has 0 amide bonds. The van der Waals surface area contributed by atoms with Crippen LogP contribution in [-0.4, -0.2) is 18.5 Å². The van der Waals surface area contributed by atoms with Crippen LogP contribution in [0.2, 0.25) is 0 Å². The summed E-state index contributed by atoms with van der Waals surface area (Å²) in [5.41, 5.74) is -0.0545. The summed E-state index contributed by atoms with van der Waals surface area (Å²) in [6.45, 7) is 9.12. The van der Waals surface area contributed by atoms with Crippen molar-refractivity contribution in [2.45, 2.75) is 59.0 Å². The van der Waals surface area contributed by atoms with Crippen LogP contribution in [0.15, 0.2) is 18.2 Å². The Labute approximate surface area is 128 Å². The summed E-state index contributed by atoms with van der Waals surface area (Å²) in [6.07, 6.45) is 4.12. The summed E-state index contributed by atoms with van der Waals surface area (Å²) in [4.78, 5) is 4.62. The number of para-hydroxylation sites is 1. The lowest BCUT2D eigenvalue weighted by molar-refractivity contribution is -0.318. The van der Waals surface area contributed by atoms with E-state index >= 15 is 0 Å². The monoisotopic (exact) mass is 296 g/mol. The van der Waals surface area contributed by atoms with Crippen LogP contribution in [0.3, 0.4) is 0 Å². The van der Waals surface area contributed by atoms with Crippen LogP contribution in [-0.2, 0) is 10.5 Å². The molecule has 0 aliphatic rings. The molecule has 0 fully saturated rings. The maximum Gasteiger partial charge on any atom is 0.167 e. The molecule has 1 aromatic rings. The molecule has 120 valence electrons. The van der Waals surface area contributed by atoms with Crippen LogP contribution in [0.1, 0.15) is 58.9 Å². The molecule has 21 heavy (non-hydrogen) atoms. The van der Waals surface area contributed by atoms with E-state index in [9.17, 15) is 0 Å². The first-order chi connectivity index (χ1) is 10.1. The van der Waals surface area contributed by atoms with E-state index in [1.165, 1.54) is 0 Å². The van der Waals surface area contributed by atoms with Crippen molar-refractivity contribution in [2.24, 2.45) is 0 Å². The quantitative estimate of drug-likeness (QED) is 0.384. The minimum Gasteiger partial charge on any atom is -0.490 e. The molecule has 0 bridgehead atoms. The average molecular weight is 296 g/mol. The first-order valence-corrected chi connectivity index (χ1v) is 7.78. The molecule has 4 heteroatoms. The number of ether oxygens (including phenoxy) is 2. The molecule has 0 heterocycles. The van der Waals surface area contributed by atoms with Crippen LogP contribution in [0.5, 0.6) is 11.5 Å². The van der Waals surface area contributed by atoms with Crippen molar-refractivity contribution in [3.05, 3.63) is 23.8 Å². The zero-order valence-electron chi connectivity index (χ0n) is 13.6. The maximum atomic E-state index is 9.15. The van der Waals surface area contributed by atoms with Crippen molar-refractivity contribution in [2.75, 3.05) is 13.2 Å². The van der Waals surface area contributed by atoms with E-state index in [-0.39, 0.29) is 0 Å². The second-order valence-corrected chi connectivity index (χ2v) is 5.64. The Balaban J connectivity index is 3.02. The fourth-order valence-electron chi connectivity index (χ4n) is 1.95. The highest BCUT2D eigenvalue weighted by atomic mass is 17.1. The van der Waals surface area contributed by atoms with Crippen molar-refractivity contribution in [1.82, 2.24) is 0 Å². The molecule has 0 saturated heterocycles. The zero-order chi connectivity index (χ0) is 15.7. The Hall–Kier alpha value is -1.26. The fourth-order valence-corrected chi connectivity index (χ4v) is 1.95. The maximum absolute atomic E-state index is 9.15. The number of unbranched alkanes of at least 4 members (excludes halogenated alkanes) is 2. The molecule has 0 spiro atoms. The topological polar surface area (TPSA) is 47.9 Å². The van der Waals surface area contributed by atoms with Gasteiger partial charge in [0.05, 0.1) is 13.2 Å². The Kier molecular flexibility index (Phi) is 7.54. The SMILES string of the molecule is CCCCOc1cccc(C(C)(C)OO)c1OCCCC. The molecule has 0 aromatic heterocycles. The molecule has 0 radical (unpaired) electrons. The van der Waals surface area contributed by atoms with Gasteiger partial charge >= 0.3 is 0 Å². The van der Waals surface area contributed by atoms with Crippen molar-refractivity contribution in [1.29, 1.82) is 0 Å². The van der Waals surface area contributed by atoms with Crippen molar-refractivity contribution < 1.29 is 19.6 Å². The predicted octanol–water partition coefficient (Wildman–Crippen LogP) is 4.77. The highest BCUT2D eigenvalue weighted by Gasteiger charge is 2.28. The molecule has 1 N–H and O–H groups in total. The van der Waals surface area contributed by atoms with E-state index < -0.39 is 5.60 Å². The molecule has 0 aliphatic carbocycles. The molecule has 1 aromatic carbocycles. The molecular weight excluding hydrogens is 268 g/mol. The smallest absolute Gasteiger partial charge is 0.167 e. The number of hydrogen-bond acceptors (Lipinski definition) is 4. The lowest BCUT2D eigenvalue weighted by atomic mass is 9.97. The van der Waals surface area contributed by atoms with Crippen LogP contribution >= 0.6 is 0 Å². The first kappa shape index (κ1) is 17.8. The van der Waals surface area contributed by atoms with Gasteiger partial charge in [0.15, 0.2) is 11.5 Å². The Bertz CT molecular complexity index is 415. The van der Waals surface area contributed by atoms with Gasteiger partial charge in [-0.25, -0.2) is 4.89 Å². The third kappa shape index (κ3) is 5.21. The van der Waals surface area contributed by atoms with Gasteiger partial charge < -0.3 is 9.47 Å². The van der Waals surface area contributed by atoms with Crippen molar-refractivity contribution in [3.8, 4) is 11.5 Å². The summed E-state index contributed by atoms with van der Waals surface area (Å²) in [6, 6.07) is 5.68. The molecule has 1 rings (SSSR count). The Morgan fingerprint density at radius 3 is 2.19 bits per heavy atom. The molecule has 0 saturated carbocycles. The Morgan fingerprint density at radius 1 is 1.00 bits per heavy atom. The van der Waals surface area contributed by atoms with Gasteiger partial charge in [-0.3, -0.25) is 5.26 Å². The van der Waals surface area contributed by atoms with Gasteiger partial charge in [0.2, 0.25) is 0 Å². The fraction of sp³-hybridized carbons (Fsp3) is 0.647. The standard InChI is InChI=1S/C17H28O4/c1-5-7-12-19-15-11-9-10-14(17(3,4)21-18)16(15)20-13-8-6-2/h9-11,18H,5-8,12-13H2,1-4H3. The van der Waals surface area contributed by atoms with E-state index in [1.807, 2.05) is 18.2 Å². The normalized spacial score (nSPS) is 11.5.